The predicted molar refractivity (Wildman–Crippen MR) is 117 cm³/mol. The van der Waals surface area contributed by atoms with Gasteiger partial charge < -0.3 is 16.4 Å². The van der Waals surface area contributed by atoms with Crippen molar-refractivity contribution in [2.45, 2.75) is 6.92 Å². The Balaban J connectivity index is 1.46. The van der Waals surface area contributed by atoms with E-state index in [0.717, 1.165) is 16.6 Å². The van der Waals surface area contributed by atoms with E-state index >= 15 is 0 Å². The summed E-state index contributed by atoms with van der Waals surface area (Å²) in [7, 11) is 0. The third kappa shape index (κ3) is 4.10. The molecule has 0 saturated carbocycles. The van der Waals surface area contributed by atoms with Crippen LogP contribution in [-0.2, 0) is 0 Å². The van der Waals surface area contributed by atoms with Gasteiger partial charge in [0.25, 0.3) is 11.8 Å². The van der Waals surface area contributed by atoms with E-state index in [9.17, 15) is 9.59 Å². The first-order valence-corrected chi connectivity index (χ1v) is 9.30. The van der Waals surface area contributed by atoms with Crippen molar-refractivity contribution in [1.29, 1.82) is 0 Å². The Hall–Kier alpha value is -4.26. The van der Waals surface area contributed by atoms with Gasteiger partial charge in [-0.2, -0.15) is 0 Å². The fourth-order valence-corrected chi connectivity index (χ4v) is 3.06. The van der Waals surface area contributed by atoms with Gasteiger partial charge in [0, 0.05) is 39.9 Å². The Labute approximate surface area is 173 Å². The maximum absolute atomic E-state index is 12.6. The third-order valence-electron chi connectivity index (χ3n) is 4.53. The molecule has 0 unspecified atom stereocenters. The van der Waals surface area contributed by atoms with Crippen molar-refractivity contribution < 1.29 is 9.59 Å². The SMILES string of the molecule is Cc1cc(N)c2cc(C(=O)Nc3ccc(NC(=O)c4ccccn4)cc3)ccc2n1. The molecule has 148 valence electrons. The molecular formula is C23H19N5O2. The lowest BCUT2D eigenvalue weighted by atomic mass is 10.1. The maximum atomic E-state index is 12.6. The summed E-state index contributed by atoms with van der Waals surface area (Å²) in [5, 5.41) is 6.34. The number of nitrogens with zero attached hydrogens (tertiary/aromatic N) is 2. The minimum atomic E-state index is -0.301. The number of aryl methyl sites for hydroxylation is 1. The molecule has 2 aromatic carbocycles. The zero-order chi connectivity index (χ0) is 21.1. The summed E-state index contributed by atoms with van der Waals surface area (Å²) in [4.78, 5) is 33.2. The maximum Gasteiger partial charge on any atom is 0.274 e. The molecule has 4 rings (SSSR count). The first kappa shape index (κ1) is 19.1. The molecule has 30 heavy (non-hydrogen) atoms. The Bertz CT molecular complexity index is 1240. The highest BCUT2D eigenvalue weighted by molar-refractivity contribution is 6.07. The highest BCUT2D eigenvalue weighted by atomic mass is 16.2. The summed E-state index contributed by atoms with van der Waals surface area (Å²) in [5.74, 6) is -0.563. The van der Waals surface area contributed by atoms with E-state index in [2.05, 4.69) is 20.6 Å². The van der Waals surface area contributed by atoms with Crippen LogP contribution in [0.15, 0.2) is 72.9 Å². The van der Waals surface area contributed by atoms with Crippen LogP contribution in [0.25, 0.3) is 10.9 Å². The Morgan fingerprint density at radius 1 is 0.867 bits per heavy atom. The number of amides is 2. The molecule has 0 fully saturated rings. The third-order valence-corrected chi connectivity index (χ3v) is 4.53. The van der Waals surface area contributed by atoms with E-state index in [1.54, 1.807) is 72.9 Å². The van der Waals surface area contributed by atoms with E-state index in [4.69, 9.17) is 5.73 Å². The van der Waals surface area contributed by atoms with Gasteiger partial charge in [0.2, 0.25) is 0 Å². The topological polar surface area (TPSA) is 110 Å². The number of nitrogen functional groups attached to an aromatic ring is 1. The van der Waals surface area contributed by atoms with Crippen LogP contribution < -0.4 is 16.4 Å². The van der Waals surface area contributed by atoms with E-state index < -0.39 is 0 Å². The number of hydrogen-bond acceptors (Lipinski definition) is 5. The number of nitrogens with one attached hydrogen (secondary N) is 2. The minimum absolute atomic E-state index is 0.262. The summed E-state index contributed by atoms with van der Waals surface area (Å²) in [6, 6.07) is 19.0. The zero-order valence-corrected chi connectivity index (χ0v) is 16.2. The lowest BCUT2D eigenvalue weighted by Crippen LogP contribution is -2.14. The van der Waals surface area contributed by atoms with Gasteiger partial charge in [-0.25, -0.2) is 0 Å². The average Bonchev–Trinajstić information content (AvgIpc) is 2.75. The molecule has 0 bridgehead atoms. The molecule has 2 heterocycles. The second-order valence-corrected chi connectivity index (χ2v) is 6.79. The number of rotatable bonds is 4. The normalized spacial score (nSPS) is 10.6. The van der Waals surface area contributed by atoms with Gasteiger partial charge in [-0.15, -0.1) is 0 Å². The van der Waals surface area contributed by atoms with Gasteiger partial charge in [0.15, 0.2) is 0 Å². The highest BCUT2D eigenvalue weighted by Gasteiger charge is 2.10. The molecular weight excluding hydrogens is 378 g/mol. The van der Waals surface area contributed by atoms with Crippen molar-refractivity contribution in [3.8, 4) is 0 Å². The second-order valence-electron chi connectivity index (χ2n) is 6.79. The highest BCUT2D eigenvalue weighted by Crippen LogP contribution is 2.23. The Morgan fingerprint density at radius 3 is 2.23 bits per heavy atom. The minimum Gasteiger partial charge on any atom is -0.398 e. The van der Waals surface area contributed by atoms with Crippen LogP contribution in [0, 0.1) is 6.92 Å². The Kier molecular flexibility index (Phi) is 5.09. The van der Waals surface area contributed by atoms with Crippen LogP contribution in [-0.4, -0.2) is 21.8 Å². The fraction of sp³-hybridized carbons (Fsp3) is 0.0435. The van der Waals surface area contributed by atoms with Crippen molar-refractivity contribution in [1.82, 2.24) is 9.97 Å². The largest absolute Gasteiger partial charge is 0.398 e. The molecule has 0 spiro atoms. The van der Waals surface area contributed by atoms with Crippen molar-refractivity contribution >= 4 is 39.8 Å². The van der Waals surface area contributed by atoms with Crippen LogP contribution in [0.3, 0.4) is 0 Å². The number of fused-ring (bicyclic) bond motifs is 1. The number of nitrogens with two attached hydrogens (primary N) is 1. The van der Waals surface area contributed by atoms with Crippen molar-refractivity contribution in [3.05, 3.63) is 89.9 Å². The molecule has 0 atom stereocenters. The number of carbonyl (C=O) groups excluding carboxylic acids is 2. The molecule has 2 amide bonds. The van der Waals surface area contributed by atoms with Crippen LogP contribution in [0.2, 0.25) is 0 Å². The number of anilines is 3. The van der Waals surface area contributed by atoms with Crippen molar-refractivity contribution in [3.63, 3.8) is 0 Å². The van der Waals surface area contributed by atoms with Gasteiger partial charge in [-0.3, -0.25) is 19.6 Å². The molecule has 2 aromatic heterocycles. The van der Waals surface area contributed by atoms with E-state index in [1.165, 1.54) is 0 Å². The first-order chi connectivity index (χ1) is 14.5. The van der Waals surface area contributed by atoms with E-state index in [-0.39, 0.29) is 11.8 Å². The quantitative estimate of drug-likeness (QED) is 0.482. The molecule has 7 heteroatoms. The van der Waals surface area contributed by atoms with Gasteiger partial charge >= 0.3 is 0 Å². The molecule has 0 aliphatic rings. The van der Waals surface area contributed by atoms with Crippen LogP contribution in [0.1, 0.15) is 26.5 Å². The standard InChI is InChI=1S/C23H19N5O2/c1-14-12-19(24)18-13-15(5-10-20(18)26-14)22(29)27-16-6-8-17(9-7-16)28-23(30)21-4-2-3-11-25-21/h2-13H,1H3,(H2,24,26)(H,27,29)(H,28,30). The first-order valence-electron chi connectivity index (χ1n) is 9.30. The summed E-state index contributed by atoms with van der Waals surface area (Å²) >= 11 is 0. The van der Waals surface area contributed by atoms with Crippen molar-refractivity contribution in [2.75, 3.05) is 16.4 Å². The molecule has 7 nitrogen and oxygen atoms in total. The zero-order valence-electron chi connectivity index (χ0n) is 16.2. The molecule has 4 aromatic rings. The summed E-state index contributed by atoms with van der Waals surface area (Å²) < 4.78 is 0. The van der Waals surface area contributed by atoms with Crippen molar-refractivity contribution in [2.24, 2.45) is 0 Å². The number of pyridine rings is 2. The van der Waals surface area contributed by atoms with Gasteiger partial charge in [0.1, 0.15) is 5.69 Å². The number of aromatic nitrogens is 2. The lowest BCUT2D eigenvalue weighted by molar-refractivity contribution is 0.101. The van der Waals surface area contributed by atoms with Crippen LogP contribution in [0.4, 0.5) is 17.1 Å². The number of hydrogen-bond donors (Lipinski definition) is 3. The van der Waals surface area contributed by atoms with Crippen LogP contribution >= 0.6 is 0 Å². The lowest BCUT2D eigenvalue weighted by Gasteiger charge is -2.09. The molecule has 0 aliphatic heterocycles. The van der Waals surface area contributed by atoms with Gasteiger partial charge in [-0.05, 0) is 67.6 Å². The summed E-state index contributed by atoms with van der Waals surface area (Å²) in [5.41, 5.74) is 10.2. The molecule has 0 saturated heterocycles. The van der Waals surface area contributed by atoms with E-state index in [1.807, 2.05) is 6.92 Å². The summed E-state index contributed by atoms with van der Waals surface area (Å²) in [6.45, 7) is 1.87. The van der Waals surface area contributed by atoms with Crippen LogP contribution in [0.5, 0.6) is 0 Å². The Morgan fingerprint density at radius 2 is 1.57 bits per heavy atom. The molecule has 0 aliphatic carbocycles. The van der Waals surface area contributed by atoms with E-state index in [0.29, 0.717) is 28.3 Å². The smallest absolute Gasteiger partial charge is 0.274 e. The second kappa shape index (κ2) is 8.00. The molecule has 4 N–H and O–H groups in total. The fourth-order valence-electron chi connectivity index (χ4n) is 3.06. The number of benzene rings is 2. The number of carbonyl (C=O) groups is 2. The molecule has 0 radical (unpaired) electrons. The van der Waals surface area contributed by atoms with Gasteiger partial charge in [0.05, 0.1) is 5.52 Å². The monoisotopic (exact) mass is 397 g/mol. The predicted octanol–water partition coefficient (Wildman–Crippen LogP) is 4.03. The average molecular weight is 397 g/mol. The summed E-state index contributed by atoms with van der Waals surface area (Å²) in [6.07, 6.45) is 1.56. The van der Waals surface area contributed by atoms with Gasteiger partial charge in [-0.1, -0.05) is 6.07 Å².